The predicted molar refractivity (Wildman–Crippen MR) is 56.9 cm³/mol. The van der Waals surface area contributed by atoms with Crippen LogP contribution in [0, 0.1) is 0 Å². The monoisotopic (exact) mass is 207 g/mol. The third-order valence-electron chi connectivity index (χ3n) is 1.97. The highest BCUT2D eigenvalue weighted by Gasteiger charge is 2.06. The van der Waals surface area contributed by atoms with E-state index in [4.69, 9.17) is 10.5 Å². The Morgan fingerprint density at radius 2 is 2.21 bits per heavy atom. The van der Waals surface area contributed by atoms with Crippen molar-refractivity contribution in [2.45, 2.75) is 0 Å². The largest absolute Gasteiger partial charge is 0.497 e. The zero-order chi connectivity index (χ0) is 10.1. The SMILES string of the molecule is COc1ccc2sc(C(N)=O)cc2c1. The van der Waals surface area contributed by atoms with Gasteiger partial charge in [-0.15, -0.1) is 11.3 Å². The maximum atomic E-state index is 10.9. The van der Waals surface area contributed by atoms with Gasteiger partial charge in [-0.2, -0.15) is 0 Å². The first-order valence-corrected chi connectivity index (χ1v) is 4.90. The van der Waals surface area contributed by atoms with Gasteiger partial charge in [0.25, 0.3) is 5.91 Å². The van der Waals surface area contributed by atoms with E-state index in [0.29, 0.717) is 4.88 Å². The van der Waals surface area contributed by atoms with Crippen molar-refractivity contribution in [3.8, 4) is 5.75 Å². The Balaban J connectivity index is 2.60. The first-order chi connectivity index (χ1) is 6.70. The number of primary amides is 1. The molecule has 2 rings (SSSR count). The second-order valence-corrected chi connectivity index (χ2v) is 3.96. The Morgan fingerprint density at radius 3 is 2.86 bits per heavy atom. The van der Waals surface area contributed by atoms with Crippen LogP contribution < -0.4 is 10.5 Å². The number of fused-ring (bicyclic) bond motifs is 1. The molecule has 0 aliphatic carbocycles. The number of methoxy groups -OCH3 is 1. The molecule has 0 unspecified atom stereocenters. The van der Waals surface area contributed by atoms with Gasteiger partial charge < -0.3 is 10.5 Å². The quantitative estimate of drug-likeness (QED) is 0.819. The summed E-state index contributed by atoms with van der Waals surface area (Å²) in [4.78, 5) is 11.5. The van der Waals surface area contributed by atoms with Crippen LogP contribution >= 0.6 is 11.3 Å². The fourth-order valence-corrected chi connectivity index (χ4v) is 2.17. The normalized spacial score (nSPS) is 10.4. The molecule has 3 nitrogen and oxygen atoms in total. The lowest BCUT2D eigenvalue weighted by molar-refractivity contribution is 0.100. The fourth-order valence-electron chi connectivity index (χ4n) is 1.27. The fraction of sp³-hybridized carbons (Fsp3) is 0.100. The van der Waals surface area contributed by atoms with E-state index in [2.05, 4.69) is 0 Å². The Labute approximate surface area is 85.1 Å². The van der Waals surface area contributed by atoms with Crippen molar-refractivity contribution < 1.29 is 9.53 Å². The van der Waals surface area contributed by atoms with Crippen molar-refractivity contribution in [1.29, 1.82) is 0 Å². The molecule has 0 aliphatic heterocycles. The molecule has 4 heteroatoms. The van der Waals surface area contributed by atoms with Gasteiger partial charge >= 0.3 is 0 Å². The summed E-state index contributed by atoms with van der Waals surface area (Å²) in [5.74, 6) is 0.400. The maximum Gasteiger partial charge on any atom is 0.258 e. The smallest absolute Gasteiger partial charge is 0.258 e. The number of benzene rings is 1. The minimum atomic E-state index is -0.384. The molecule has 0 spiro atoms. The second-order valence-electron chi connectivity index (χ2n) is 2.88. The van der Waals surface area contributed by atoms with Crippen molar-refractivity contribution in [2.75, 3.05) is 7.11 Å². The molecule has 1 heterocycles. The molecule has 0 aliphatic rings. The van der Waals surface area contributed by atoms with Crippen LogP contribution in [0.3, 0.4) is 0 Å². The van der Waals surface area contributed by atoms with Gasteiger partial charge in [0.2, 0.25) is 0 Å². The van der Waals surface area contributed by atoms with Gasteiger partial charge in [-0.1, -0.05) is 0 Å². The average molecular weight is 207 g/mol. The summed E-state index contributed by atoms with van der Waals surface area (Å²) >= 11 is 1.39. The van der Waals surface area contributed by atoms with Crippen LogP contribution in [0.4, 0.5) is 0 Å². The number of carbonyl (C=O) groups is 1. The van der Waals surface area contributed by atoms with Crippen molar-refractivity contribution in [1.82, 2.24) is 0 Å². The van der Waals surface area contributed by atoms with Gasteiger partial charge in [0.15, 0.2) is 0 Å². The molecule has 1 amide bonds. The molecule has 0 saturated carbocycles. The van der Waals surface area contributed by atoms with Gasteiger partial charge in [0.05, 0.1) is 12.0 Å². The van der Waals surface area contributed by atoms with Crippen molar-refractivity contribution >= 4 is 27.3 Å². The van der Waals surface area contributed by atoms with Crippen molar-refractivity contribution in [3.05, 3.63) is 29.1 Å². The summed E-state index contributed by atoms with van der Waals surface area (Å²) in [7, 11) is 1.61. The van der Waals surface area contributed by atoms with Gasteiger partial charge in [0.1, 0.15) is 5.75 Å². The number of rotatable bonds is 2. The second kappa shape index (κ2) is 3.31. The number of thiophene rings is 1. The van der Waals surface area contributed by atoms with Gasteiger partial charge in [0, 0.05) is 4.70 Å². The van der Waals surface area contributed by atoms with Crippen LogP contribution in [-0.4, -0.2) is 13.0 Å². The predicted octanol–water partition coefficient (Wildman–Crippen LogP) is 2.01. The molecule has 0 radical (unpaired) electrons. The van der Waals surface area contributed by atoms with E-state index in [1.807, 2.05) is 18.2 Å². The number of carbonyl (C=O) groups excluding carboxylic acids is 1. The molecule has 0 fully saturated rings. The molecule has 72 valence electrons. The van der Waals surface area contributed by atoms with Gasteiger partial charge in [-0.3, -0.25) is 4.79 Å². The van der Waals surface area contributed by atoms with E-state index < -0.39 is 0 Å². The highest BCUT2D eigenvalue weighted by molar-refractivity contribution is 7.20. The average Bonchev–Trinajstić information content (AvgIpc) is 2.59. The lowest BCUT2D eigenvalue weighted by Gasteiger charge is -1.97. The zero-order valence-electron chi connectivity index (χ0n) is 7.61. The number of nitrogens with two attached hydrogens (primary N) is 1. The molecular formula is C10H9NO2S. The summed E-state index contributed by atoms with van der Waals surface area (Å²) in [6.07, 6.45) is 0. The topological polar surface area (TPSA) is 52.3 Å². The molecule has 2 aromatic rings. The van der Waals surface area contributed by atoms with Crippen molar-refractivity contribution in [3.63, 3.8) is 0 Å². The third kappa shape index (κ3) is 1.44. The third-order valence-corrected chi connectivity index (χ3v) is 3.10. The van der Waals surface area contributed by atoms with Crippen LogP contribution in [-0.2, 0) is 0 Å². The number of ether oxygens (including phenoxy) is 1. The van der Waals surface area contributed by atoms with E-state index in [0.717, 1.165) is 15.8 Å². The van der Waals surface area contributed by atoms with Crippen molar-refractivity contribution in [2.24, 2.45) is 5.73 Å². The summed E-state index contributed by atoms with van der Waals surface area (Å²) in [6.45, 7) is 0. The van der Waals surface area contributed by atoms with E-state index in [-0.39, 0.29) is 5.91 Å². The van der Waals surface area contributed by atoms with Crippen LogP contribution in [0.25, 0.3) is 10.1 Å². The Kier molecular flexibility index (Phi) is 2.13. The van der Waals surface area contributed by atoms with Crippen LogP contribution in [0.1, 0.15) is 9.67 Å². The minimum Gasteiger partial charge on any atom is -0.497 e. The molecule has 14 heavy (non-hydrogen) atoms. The lowest BCUT2D eigenvalue weighted by Crippen LogP contribution is -2.07. The minimum absolute atomic E-state index is 0.384. The van der Waals surface area contributed by atoms with E-state index in [9.17, 15) is 4.79 Å². The zero-order valence-corrected chi connectivity index (χ0v) is 8.43. The van der Waals surface area contributed by atoms with Crippen LogP contribution in [0.2, 0.25) is 0 Å². The molecule has 0 saturated heterocycles. The molecule has 0 atom stereocenters. The first-order valence-electron chi connectivity index (χ1n) is 4.08. The molecular weight excluding hydrogens is 198 g/mol. The summed E-state index contributed by atoms with van der Waals surface area (Å²) in [6, 6.07) is 7.46. The maximum absolute atomic E-state index is 10.9. The molecule has 1 aromatic carbocycles. The number of hydrogen-bond donors (Lipinski definition) is 1. The highest BCUT2D eigenvalue weighted by Crippen LogP contribution is 2.28. The van der Waals surface area contributed by atoms with E-state index >= 15 is 0 Å². The van der Waals surface area contributed by atoms with Gasteiger partial charge in [-0.05, 0) is 29.7 Å². The van der Waals surface area contributed by atoms with Crippen LogP contribution in [0.5, 0.6) is 5.75 Å². The van der Waals surface area contributed by atoms with Gasteiger partial charge in [-0.25, -0.2) is 0 Å². The van der Waals surface area contributed by atoms with E-state index in [1.165, 1.54) is 11.3 Å². The highest BCUT2D eigenvalue weighted by atomic mass is 32.1. The molecule has 0 bridgehead atoms. The first kappa shape index (κ1) is 9.02. The Morgan fingerprint density at radius 1 is 1.43 bits per heavy atom. The molecule has 1 aromatic heterocycles. The lowest BCUT2D eigenvalue weighted by atomic mass is 10.2. The summed E-state index contributed by atoms with van der Waals surface area (Å²) in [5, 5.41) is 0.989. The standard InChI is InChI=1S/C10H9NO2S/c1-13-7-2-3-8-6(4-7)5-9(14-8)10(11)12/h2-5H,1H3,(H2,11,12). The number of amides is 1. The number of hydrogen-bond acceptors (Lipinski definition) is 3. The van der Waals surface area contributed by atoms with Crippen LogP contribution in [0.15, 0.2) is 24.3 Å². The Bertz CT molecular complexity index is 490. The summed E-state index contributed by atoms with van der Waals surface area (Å²) in [5.41, 5.74) is 5.19. The summed E-state index contributed by atoms with van der Waals surface area (Å²) < 4.78 is 6.12. The Hall–Kier alpha value is -1.55. The molecule has 2 N–H and O–H groups in total. The van der Waals surface area contributed by atoms with E-state index in [1.54, 1.807) is 13.2 Å².